The quantitative estimate of drug-likeness (QED) is 0.305. The Kier molecular flexibility index (Phi) is 18.9. The maximum Gasteiger partial charge on any atom is 0.0540 e. The van der Waals surface area contributed by atoms with E-state index in [9.17, 15) is 5.11 Å². The first kappa shape index (κ1) is 21.9. The lowest BCUT2D eigenvalue weighted by molar-refractivity contribution is 0.147. The van der Waals surface area contributed by atoms with Gasteiger partial charge in [0.2, 0.25) is 0 Å². The molecule has 22 heavy (non-hydrogen) atoms. The Bertz CT molecular complexity index is 194. The van der Waals surface area contributed by atoms with Crippen LogP contribution in [0.15, 0.2) is 0 Å². The van der Waals surface area contributed by atoms with Crippen molar-refractivity contribution >= 4 is 0 Å². The van der Waals surface area contributed by atoms with Gasteiger partial charge in [0.05, 0.1) is 6.10 Å². The van der Waals surface area contributed by atoms with E-state index in [1.54, 1.807) is 0 Å². The summed E-state index contributed by atoms with van der Waals surface area (Å²) in [7, 11) is 0. The Morgan fingerprint density at radius 1 is 0.545 bits per heavy atom. The third-order valence-electron chi connectivity index (χ3n) is 4.59. The van der Waals surface area contributed by atoms with Gasteiger partial charge in [0.15, 0.2) is 0 Å². The molecule has 0 aliphatic rings. The fraction of sp³-hybridized carbons (Fsp3) is 1.00. The van der Waals surface area contributed by atoms with Gasteiger partial charge in [-0.2, -0.15) is 0 Å². The molecule has 0 spiro atoms. The summed E-state index contributed by atoms with van der Waals surface area (Å²) in [6.07, 6.45) is 21.2. The highest BCUT2D eigenvalue weighted by atomic mass is 16.3. The molecule has 134 valence electrons. The smallest absolute Gasteiger partial charge is 0.0540 e. The number of aliphatic hydroxyl groups excluding tert-OH is 2. The molecule has 0 radical (unpaired) electrons. The van der Waals surface area contributed by atoms with Crippen molar-refractivity contribution in [3.8, 4) is 0 Å². The van der Waals surface area contributed by atoms with Gasteiger partial charge in [0.1, 0.15) is 0 Å². The zero-order valence-electron chi connectivity index (χ0n) is 15.2. The van der Waals surface area contributed by atoms with Crippen LogP contribution in [-0.2, 0) is 0 Å². The van der Waals surface area contributed by atoms with E-state index >= 15 is 0 Å². The molecule has 0 aromatic heterocycles. The van der Waals surface area contributed by atoms with Crippen LogP contribution in [0.2, 0.25) is 0 Å². The Morgan fingerprint density at radius 3 is 1.32 bits per heavy atom. The summed E-state index contributed by atoms with van der Waals surface area (Å²) < 4.78 is 0. The van der Waals surface area contributed by atoms with Gasteiger partial charge in [0.25, 0.3) is 0 Å². The summed E-state index contributed by atoms with van der Waals surface area (Å²) in [4.78, 5) is 0. The van der Waals surface area contributed by atoms with Crippen LogP contribution in [0.4, 0.5) is 0 Å². The van der Waals surface area contributed by atoms with E-state index in [0.717, 1.165) is 38.5 Å². The highest BCUT2D eigenvalue weighted by molar-refractivity contribution is 4.57. The van der Waals surface area contributed by atoms with Gasteiger partial charge in [-0.15, -0.1) is 0 Å². The third-order valence-corrected chi connectivity index (χ3v) is 4.59. The molecule has 0 bridgehead atoms. The van der Waals surface area contributed by atoms with Crippen LogP contribution in [-0.4, -0.2) is 22.9 Å². The summed E-state index contributed by atoms with van der Waals surface area (Å²) >= 11 is 0. The zero-order chi connectivity index (χ0) is 16.3. The molecule has 0 rings (SSSR count). The molecule has 0 aromatic rings. The molecule has 2 nitrogen and oxygen atoms in total. The monoisotopic (exact) mass is 314 g/mol. The highest BCUT2D eigenvalue weighted by Gasteiger charge is 2.03. The molecule has 0 aromatic carbocycles. The SMILES string of the molecule is CCCCCCCCCCCCCC(O)CCCCCCO. The minimum absolute atomic E-state index is 0.0901. The molecular weight excluding hydrogens is 272 g/mol. The largest absolute Gasteiger partial charge is 0.396 e. The Labute approximate surface area is 139 Å². The Hall–Kier alpha value is -0.0800. The lowest BCUT2D eigenvalue weighted by Crippen LogP contribution is -2.06. The van der Waals surface area contributed by atoms with E-state index in [4.69, 9.17) is 5.11 Å². The standard InChI is InChI=1S/C20H42O2/c1-2-3-4-5-6-7-8-9-10-11-14-17-20(22)18-15-12-13-16-19-21/h20-22H,2-19H2,1H3. The van der Waals surface area contributed by atoms with Crippen LogP contribution in [0.5, 0.6) is 0 Å². The first-order valence-electron chi connectivity index (χ1n) is 10.1. The van der Waals surface area contributed by atoms with Crippen LogP contribution in [0, 0.1) is 0 Å². The second-order valence-electron chi connectivity index (χ2n) is 6.90. The number of aliphatic hydroxyl groups is 2. The summed E-state index contributed by atoms with van der Waals surface area (Å²) in [5.41, 5.74) is 0. The predicted molar refractivity (Wildman–Crippen MR) is 97.3 cm³/mol. The highest BCUT2D eigenvalue weighted by Crippen LogP contribution is 2.14. The van der Waals surface area contributed by atoms with Gasteiger partial charge >= 0.3 is 0 Å². The molecule has 0 heterocycles. The van der Waals surface area contributed by atoms with Crippen LogP contribution in [0.3, 0.4) is 0 Å². The molecule has 0 aliphatic heterocycles. The van der Waals surface area contributed by atoms with Gasteiger partial charge in [0, 0.05) is 6.61 Å². The first-order chi connectivity index (χ1) is 10.8. The molecule has 0 amide bonds. The van der Waals surface area contributed by atoms with Crippen molar-refractivity contribution in [1.29, 1.82) is 0 Å². The molecular formula is C20H42O2. The maximum absolute atomic E-state index is 9.90. The molecule has 0 saturated carbocycles. The van der Waals surface area contributed by atoms with E-state index in [1.807, 2.05) is 0 Å². The van der Waals surface area contributed by atoms with Crippen LogP contribution in [0.25, 0.3) is 0 Å². The van der Waals surface area contributed by atoms with Gasteiger partial charge in [-0.3, -0.25) is 0 Å². The number of hydrogen-bond donors (Lipinski definition) is 2. The number of hydrogen-bond acceptors (Lipinski definition) is 2. The van der Waals surface area contributed by atoms with Crippen LogP contribution >= 0.6 is 0 Å². The minimum atomic E-state index is -0.0901. The number of rotatable bonds is 18. The fourth-order valence-electron chi connectivity index (χ4n) is 3.03. The first-order valence-corrected chi connectivity index (χ1v) is 10.1. The van der Waals surface area contributed by atoms with Crippen molar-refractivity contribution in [3.63, 3.8) is 0 Å². The van der Waals surface area contributed by atoms with Crippen molar-refractivity contribution in [3.05, 3.63) is 0 Å². The second-order valence-corrected chi connectivity index (χ2v) is 6.90. The van der Waals surface area contributed by atoms with E-state index in [0.29, 0.717) is 6.61 Å². The normalized spacial score (nSPS) is 12.7. The van der Waals surface area contributed by atoms with E-state index in [1.165, 1.54) is 70.6 Å². The molecule has 1 atom stereocenters. The van der Waals surface area contributed by atoms with Crippen molar-refractivity contribution in [1.82, 2.24) is 0 Å². The Balaban J connectivity index is 3.09. The Morgan fingerprint density at radius 2 is 0.909 bits per heavy atom. The van der Waals surface area contributed by atoms with Crippen molar-refractivity contribution in [2.24, 2.45) is 0 Å². The zero-order valence-corrected chi connectivity index (χ0v) is 15.2. The predicted octanol–water partition coefficient (Wildman–Crippen LogP) is 5.99. The molecule has 0 saturated heterocycles. The van der Waals surface area contributed by atoms with Gasteiger partial charge < -0.3 is 10.2 Å². The van der Waals surface area contributed by atoms with Crippen LogP contribution in [0.1, 0.15) is 116 Å². The van der Waals surface area contributed by atoms with Gasteiger partial charge in [-0.1, -0.05) is 96.8 Å². The summed E-state index contributed by atoms with van der Waals surface area (Å²) in [5, 5.41) is 18.6. The fourth-order valence-corrected chi connectivity index (χ4v) is 3.03. The third kappa shape index (κ3) is 18.0. The minimum Gasteiger partial charge on any atom is -0.396 e. The van der Waals surface area contributed by atoms with Gasteiger partial charge in [-0.05, 0) is 19.3 Å². The molecule has 2 N–H and O–H groups in total. The molecule has 1 unspecified atom stereocenters. The van der Waals surface area contributed by atoms with Crippen molar-refractivity contribution < 1.29 is 10.2 Å². The average Bonchev–Trinajstić information content (AvgIpc) is 2.52. The topological polar surface area (TPSA) is 40.5 Å². The maximum atomic E-state index is 9.90. The molecule has 2 heteroatoms. The van der Waals surface area contributed by atoms with E-state index in [2.05, 4.69) is 6.92 Å². The lowest BCUT2D eigenvalue weighted by atomic mass is 10.0. The molecule has 0 fully saturated rings. The van der Waals surface area contributed by atoms with E-state index < -0.39 is 0 Å². The average molecular weight is 315 g/mol. The summed E-state index contributed by atoms with van der Waals surface area (Å²) in [6, 6.07) is 0. The summed E-state index contributed by atoms with van der Waals surface area (Å²) in [5.74, 6) is 0. The lowest BCUT2D eigenvalue weighted by Gasteiger charge is -2.10. The molecule has 0 aliphatic carbocycles. The second kappa shape index (κ2) is 19.0. The number of unbranched alkanes of at least 4 members (excludes halogenated alkanes) is 13. The van der Waals surface area contributed by atoms with Crippen molar-refractivity contribution in [2.75, 3.05) is 6.61 Å². The van der Waals surface area contributed by atoms with Gasteiger partial charge in [-0.25, -0.2) is 0 Å². The van der Waals surface area contributed by atoms with Crippen molar-refractivity contribution in [2.45, 2.75) is 122 Å². The summed E-state index contributed by atoms with van der Waals surface area (Å²) in [6.45, 7) is 2.58. The van der Waals surface area contributed by atoms with Crippen LogP contribution < -0.4 is 0 Å². The van der Waals surface area contributed by atoms with E-state index in [-0.39, 0.29) is 6.10 Å².